The molecule has 0 radical (unpaired) electrons. The average molecular weight is 362 g/mol. The summed E-state index contributed by atoms with van der Waals surface area (Å²) >= 11 is 0. The summed E-state index contributed by atoms with van der Waals surface area (Å²) in [6, 6.07) is 0. The summed E-state index contributed by atoms with van der Waals surface area (Å²) < 4.78 is 173. The van der Waals surface area contributed by atoms with Crippen LogP contribution in [0.1, 0.15) is 0 Å². The second-order valence-electron chi connectivity index (χ2n) is 4.04. The maximum Gasteiger partial charge on any atom is 0.457 e. The van der Waals surface area contributed by atoms with Gasteiger partial charge in [-0.3, -0.25) is 0 Å². The Bertz CT molecular complexity index is 454. The Morgan fingerprint density at radius 3 is 0.773 bits per heavy atom. The quantitative estimate of drug-likeness (QED) is 0.481. The first-order chi connectivity index (χ1) is 9.24. The average Bonchev–Trinajstić information content (AvgIpc) is 2.20. The first kappa shape index (κ1) is 18.8. The minimum Gasteiger partial charge on any atom is -0.194 e. The zero-order valence-corrected chi connectivity index (χ0v) is 9.29. The van der Waals surface area contributed by atoms with Crippen LogP contribution in [0.3, 0.4) is 0 Å². The van der Waals surface area contributed by atoms with E-state index in [0.717, 1.165) is 0 Å². The number of allylic oxidation sites excluding steroid dienone is 2. The maximum absolute atomic E-state index is 12.7. The standard InChI is InChI=1S/C8F14/c9-3(10)1(5(13,14)7(17,18)19)2(4(3,11)12)6(15,16)8(20,21)22. The van der Waals surface area contributed by atoms with Gasteiger partial charge in [0, 0.05) is 0 Å². The highest BCUT2D eigenvalue weighted by atomic mass is 19.4. The third kappa shape index (κ3) is 2.05. The first-order valence-electron chi connectivity index (χ1n) is 4.65. The van der Waals surface area contributed by atoms with E-state index in [1.54, 1.807) is 0 Å². The summed E-state index contributed by atoms with van der Waals surface area (Å²) in [5, 5.41) is 0. The largest absolute Gasteiger partial charge is 0.457 e. The molecule has 22 heavy (non-hydrogen) atoms. The van der Waals surface area contributed by atoms with Crippen LogP contribution >= 0.6 is 0 Å². The van der Waals surface area contributed by atoms with Crippen LogP contribution in [0.5, 0.6) is 0 Å². The first-order valence-corrected chi connectivity index (χ1v) is 4.65. The number of hydrogen-bond acceptors (Lipinski definition) is 0. The van der Waals surface area contributed by atoms with Gasteiger partial charge in [0.15, 0.2) is 0 Å². The summed E-state index contributed by atoms with van der Waals surface area (Å²) in [7, 11) is 0. The molecule has 0 fully saturated rings. The van der Waals surface area contributed by atoms with Crippen LogP contribution in [0, 0.1) is 0 Å². The molecule has 0 spiro atoms. The van der Waals surface area contributed by atoms with Gasteiger partial charge in [-0.25, -0.2) is 0 Å². The fourth-order valence-electron chi connectivity index (χ4n) is 1.56. The van der Waals surface area contributed by atoms with Gasteiger partial charge in [-0.05, 0) is 0 Å². The molecule has 130 valence electrons. The molecule has 0 amide bonds. The van der Waals surface area contributed by atoms with Crippen molar-refractivity contribution in [3.05, 3.63) is 11.1 Å². The van der Waals surface area contributed by atoms with Crippen molar-refractivity contribution in [1.82, 2.24) is 0 Å². The summed E-state index contributed by atoms with van der Waals surface area (Å²) in [4.78, 5) is 0. The van der Waals surface area contributed by atoms with Crippen LogP contribution < -0.4 is 0 Å². The number of hydrogen-bond donors (Lipinski definition) is 0. The van der Waals surface area contributed by atoms with Gasteiger partial charge in [-0.2, -0.15) is 61.5 Å². The Morgan fingerprint density at radius 1 is 0.455 bits per heavy atom. The number of halogens is 14. The fourth-order valence-corrected chi connectivity index (χ4v) is 1.56. The molecular weight excluding hydrogens is 362 g/mol. The molecule has 0 aromatic carbocycles. The van der Waals surface area contributed by atoms with Crippen molar-refractivity contribution in [2.45, 2.75) is 36.0 Å². The van der Waals surface area contributed by atoms with Crippen molar-refractivity contribution >= 4 is 0 Å². The monoisotopic (exact) mass is 362 g/mol. The predicted molar refractivity (Wildman–Crippen MR) is 38.9 cm³/mol. The molecule has 0 saturated carbocycles. The van der Waals surface area contributed by atoms with E-state index in [9.17, 15) is 61.5 Å². The molecule has 0 bridgehead atoms. The van der Waals surface area contributed by atoms with Gasteiger partial charge in [-0.15, -0.1) is 0 Å². The minimum absolute atomic E-state index is 4.31. The highest BCUT2D eigenvalue weighted by Gasteiger charge is 2.87. The third-order valence-corrected chi connectivity index (χ3v) is 2.61. The summed E-state index contributed by atoms with van der Waals surface area (Å²) in [5.74, 6) is -27.1. The Morgan fingerprint density at radius 2 is 0.636 bits per heavy atom. The van der Waals surface area contributed by atoms with E-state index in [1.807, 2.05) is 0 Å². The maximum atomic E-state index is 12.7. The molecule has 1 aliphatic rings. The molecule has 1 rings (SSSR count). The minimum atomic E-state index is -7.09. The lowest BCUT2D eigenvalue weighted by Gasteiger charge is -2.46. The van der Waals surface area contributed by atoms with Crippen molar-refractivity contribution in [3.63, 3.8) is 0 Å². The lowest BCUT2D eigenvalue weighted by molar-refractivity contribution is -0.323. The second-order valence-corrected chi connectivity index (χ2v) is 4.04. The van der Waals surface area contributed by atoms with Crippen LogP contribution in [0.15, 0.2) is 11.1 Å². The van der Waals surface area contributed by atoms with Crippen LogP contribution in [0.4, 0.5) is 61.5 Å². The molecule has 0 unspecified atom stereocenters. The van der Waals surface area contributed by atoms with E-state index in [1.165, 1.54) is 0 Å². The van der Waals surface area contributed by atoms with Crippen molar-refractivity contribution in [1.29, 1.82) is 0 Å². The molecule has 14 heteroatoms. The number of rotatable bonds is 2. The highest BCUT2D eigenvalue weighted by Crippen LogP contribution is 2.67. The van der Waals surface area contributed by atoms with Crippen LogP contribution in [-0.4, -0.2) is 36.0 Å². The molecule has 1 aliphatic carbocycles. The smallest absolute Gasteiger partial charge is 0.194 e. The molecule has 0 aromatic heterocycles. The van der Waals surface area contributed by atoms with Crippen LogP contribution in [0.2, 0.25) is 0 Å². The van der Waals surface area contributed by atoms with E-state index >= 15 is 0 Å². The Labute approximate surface area is 110 Å². The van der Waals surface area contributed by atoms with E-state index in [2.05, 4.69) is 0 Å². The molecule has 0 aliphatic heterocycles. The Hall–Kier alpha value is -1.24. The van der Waals surface area contributed by atoms with E-state index < -0.39 is 47.2 Å². The van der Waals surface area contributed by atoms with Crippen molar-refractivity contribution in [3.8, 4) is 0 Å². The van der Waals surface area contributed by atoms with Crippen molar-refractivity contribution < 1.29 is 61.5 Å². The Kier molecular flexibility index (Phi) is 3.58. The van der Waals surface area contributed by atoms with Crippen LogP contribution in [-0.2, 0) is 0 Å². The SMILES string of the molecule is FC(F)(F)C(F)(F)C1=C(C(F)(F)C(F)(F)F)C(F)(F)C1(F)F. The van der Waals surface area contributed by atoms with Gasteiger partial charge in [0.05, 0.1) is 11.1 Å². The topological polar surface area (TPSA) is 0 Å². The zero-order chi connectivity index (χ0) is 18.2. The lowest BCUT2D eigenvalue weighted by atomic mass is 9.73. The van der Waals surface area contributed by atoms with Gasteiger partial charge < -0.3 is 0 Å². The van der Waals surface area contributed by atoms with Gasteiger partial charge >= 0.3 is 36.0 Å². The van der Waals surface area contributed by atoms with Crippen molar-refractivity contribution in [2.75, 3.05) is 0 Å². The molecule has 0 aromatic rings. The van der Waals surface area contributed by atoms with E-state index in [0.29, 0.717) is 0 Å². The summed E-state index contributed by atoms with van der Waals surface area (Å²) in [6.45, 7) is 0. The lowest BCUT2D eigenvalue weighted by Crippen LogP contribution is -2.66. The summed E-state index contributed by atoms with van der Waals surface area (Å²) in [6.07, 6.45) is -14.2. The van der Waals surface area contributed by atoms with E-state index in [4.69, 9.17) is 0 Å². The highest BCUT2D eigenvalue weighted by molar-refractivity contribution is 5.52. The van der Waals surface area contributed by atoms with Crippen molar-refractivity contribution in [2.24, 2.45) is 0 Å². The zero-order valence-electron chi connectivity index (χ0n) is 9.29. The van der Waals surface area contributed by atoms with Gasteiger partial charge in [0.2, 0.25) is 0 Å². The molecule has 0 nitrogen and oxygen atoms in total. The second kappa shape index (κ2) is 4.19. The molecule has 0 heterocycles. The van der Waals surface area contributed by atoms with E-state index in [-0.39, 0.29) is 0 Å². The number of alkyl halides is 14. The van der Waals surface area contributed by atoms with Gasteiger partial charge in [0.1, 0.15) is 0 Å². The fraction of sp³-hybridized carbons (Fsp3) is 0.750. The van der Waals surface area contributed by atoms with Gasteiger partial charge in [-0.1, -0.05) is 0 Å². The predicted octanol–water partition coefficient (Wildman–Crippen LogP) is 4.96. The van der Waals surface area contributed by atoms with Crippen LogP contribution in [0.25, 0.3) is 0 Å². The summed E-state index contributed by atoms with van der Waals surface area (Å²) in [5.41, 5.74) is -8.61. The Balaban J connectivity index is 3.78. The normalized spacial score (nSPS) is 22.6. The molecule has 0 atom stereocenters. The van der Waals surface area contributed by atoms with Gasteiger partial charge in [0.25, 0.3) is 0 Å². The molecule has 0 saturated heterocycles. The molecule has 0 N–H and O–H groups in total. The third-order valence-electron chi connectivity index (χ3n) is 2.61. The molecular formula is C8F14.